The lowest BCUT2D eigenvalue weighted by Crippen LogP contribution is -2.47. The highest BCUT2D eigenvalue weighted by Crippen LogP contribution is 2.37. The third kappa shape index (κ3) is 3.50. The average Bonchev–Trinajstić information content (AvgIpc) is 3.06. The van der Waals surface area contributed by atoms with Crippen LogP contribution < -0.4 is 0 Å². The SMILES string of the molecule is CCCC(C(=O)OCC)N1CCCC1C1CCCC1. The molecule has 0 radical (unpaired) electrons. The Morgan fingerprint density at radius 1 is 1.21 bits per heavy atom. The third-order valence-electron chi connectivity index (χ3n) is 4.81. The lowest BCUT2D eigenvalue weighted by Gasteiger charge is -2.34. The van der Waals surface area contributed by atoms with Crippen molar-refractivity contribution in [3.05, 3.63) is 0 Å². The van der Waals surface area contributed by atoms with E-state index < -0.39 is 0 Å². The first-order chi connectivity index (χ1) is 9.27. The number of hydrogen-bond acceptors (Lipinski definition) is 3. The molecule has 2 aliphatic rings. The van der Waals surface area contributed by atoms with Crippen LogP contribution in [0.5, 0.6) is 0 Å². The topological polar surface area (TPSA) is 29.5 Å². The number of esters is 1. The van der Waals surface area contributed by atoms with Crippen molar-refractivity contribution in [2.45, 2.75) is 77.3 Å². The predicted octanol–water partition coefficient (Wildman–Crippen LogP) is 3.37. The van der Waals surface area contributed by atoms with Crippen LogP contribution in [-0.4, -0.2) is 36.1 Å². The molecule has 1 aliphatic heterocycles. The van der Waals surface area contributed by atoms with Crippen molar-refractivity contribution in [2.75, 3.05) is 13.2 Å². The van der Waals surface area contributed by atoms with Crippen molar-refractivity contribution in [3.8, 4) is 0 Å². The first-order valence-electron chi connectivity index (χ1n) is 8.20. The molecule has 1 aliphatic carbocycles. The van der Waals surface area contributed by atoms with Gasteiger partial charge in [-0.15, -0.1) is 0 Å². The maximum atomic E-state index is 12.2. The maximum Gasteiger partial charge on any atom is 0.323 e. The summed E-state index contributed by atoms with van der Waals surface area (Å²) in [5.74, 6) is 0.838. The molecule has 2 unspecified atom stereocenters. The van der Waals surface area contributed by atoms with E-state index in [1.807, 2.05) is 6.92 Å². The Labute approximate surface area is 117 Å². The highest BCUT2D eigenvalue weighted by Gasteiger charge is 2.39. The van der Waals surface area contributed by atoms with Crippen molar-refractivity contribution in [1.82, 2.24) is 4.90 Å². The van der Waals surface area contributed by atoms with Crippen molar-refractivity contribution >= 4 is 5.97 Å². The molecule has 3 nitrogen and oxygen atoms in total. The summed E-state index contributed by atoms with van der Waals surface area (Å²) in [5.41, 5.74) is 0. The Morgan fingerprint density at radius 2 is 1.95 bits per heavy atom. The minimum absolute atomic E-state index is 0.00856. The summed E-state index contributed by atoms with van der Waals surface area (Å²) in [6.45, 7) is 5.65. The van der Waals surface area contributed by atoms with Gasteiger partial charge >= 0.3 is 5.97 Å². The standard InChI is InChI=1S/C16H29NO2/c1-3-8-15(16(18)19-4-2)17-12-7-11-14(17)13-9-5-6-10-13/h13-15H,3-12H2,1-2H3. The summed E-state index contributed by atoms with van der Waals surface area (Å²) in [6.07, 6.45) is 10.0. The molecule has 0 aromatic rings. The van der Waals surface area contributed by atoms with E-state index in [4.69, 9.17) is 4.74 Å². The predicted molar refractivity (Wildman–Crippen MR) is 77.0 cm³/mol. The van der Waals surface area contributed by atoms with Crippen molar-refractivity contribution in [2.24, 2.45) is 5.92 Å². The van der Waals surface area contributed by atoms with Crippen molar-refractivity contribution in [3.63, 3.8) is 0 Å². The number of rotatable bonds is 6. The van der Waals surface area contributed by atoms with E-state index >= 15 is 0 Å². The van der Waals surface area contributed by atoms with E-state index in [9.17, 15) is 4.79 Å². The molecular formula is C16H29NO2. The molecule has 0 bridgehead atoms. The molecule has 2 atom stereocenters. The molecule has 19 heavy (non-hydrogen) atoms. The molecule has 0 aromatic carbocycles. The van der Waals surface area contributed by atoms with E-state index in [0.29, 0.717) is 12.6 Å². The number of nitrogens with zero attached hydrogens (tertiary/aromatic N) is 1. The quantitative estimate of drug-likeness (QED) is 0.691. The van der Waals surface area contributed by atoms with Crippen LogP contribution in [0.15, 0.2) is 0 Å². The van der Waals surface area contributed by atoms with Gasteiger partial charge in [-0.3, -0.25) is 9.69 Å². The van der Waals surface area contributed by atoms with Gasteiger partial charge < -0.3 is 4.74 Å². The molecule has 0 spiro atoms. The fourth-order valence-corrected chi connectivity index (χ4v) is 3.98. The van der Waals surface area contributed by atoms with Gasteiger partial charge in [0, 0.05) is 6.04 Å². The van der Waals surface area contributed by atoms with Crippen molar-refractivity contribution in [1.29, 1.82) is 0 Å². The van der Waals surface area contributed by atoms with E-state index in [2.05, 4.69) is 11.8 Å². The normalized spacial score (nSPS) is 26.7. The molecule has 1 heterocycles. The van der Waals surface area contributed by atoms with E-state index in [0.717, 1.165) is 25.3 Å². The zero-order valence-corrected chi connectivity index (χ0v) is 12.6. The minimum atomic E-state index is 0.00856. The fraction of sp³-hybridized carbons (Fsp3) is 0.938. The van der Waals surface area contributed by atoms with Gasteiger partial charge in [0.15, 0.2) is 0 Å². The van der Waals surface area contributed by atoms with Crippen LogP contribution >= 0.6 is 0 Å². The Balaban J connectivity index is 2.03. The van der Waals surface area contributed by atoms with Crippen LogP contribution in [0.2, 0.25) is 0 Å². The summed E-state index contributed by atoms with van der Waals surface area (Å²) >= 11 is 0. The molecular weight excluding hydrogens is 238 g/mol. The first kappa shape index (κ1) is 14.8. The van der Waals surface area contributed by atoms with Gasteiger partial charge in [0.25, 0.3) is 0 Å². The number of hydrogen-bond donors (Lipinski definition) is 0. The second-order valence-electron chi connectivity index (χ2n) is 6.05. The largest absolute Gasteiger partial charge is 0.465 e. The van der Waals surface area contributed by atoms with Gasteiger partial charge in [-0.05, 0) is 51.5 Å². The summed E-state index contributed by atoms with van der Waals surface area (Å²) < 4.78 is 5.30. The van der Waals surface area contributed by atoms with Crippen LogP contribution in [0.25, 0.3) is 0 Å². The Hall–Kier alpha value is -0.570. The van der Waals surface area contributed by atoms with Gasteiger partial charge in [0.1, 0.15) is 6.04 Å². The van der Waals surface area contributed by atoms with Crippen LogP contribution in [0.4, 0.5) is 0 Å². The number of likely N-dealkylation sites (tertiary alicyclic amines) is 1. The summed E-state index contributed by atoms with van der Waals surface area (Å²) in [6, 6.07) is 0.654. The van der Waals surface area contributed by atoms with Crippen LogP contribution in [0.1, 0.15) is 65.2 Å². The maximum absolute atomic E-state index is 12.2. The highest BCUT2D eigenvalue weighted by molar-refractivity contribution is 5.75. The Bertz CT molecular complexity index is 286. The second kappa shape index (κ2) is 7.28. The van der Waals surface area contributed by atoms with Gasteiger partial charge in [-0.1, -0.05) is 26.2 Å². The number of carbonyl (C=O) groups is 1. The molecule has 2 fully saturated rings. The van der Waals surface area contributed by atoms with Crippen molar-refractivity contribution < 1.29 is 9.53 Å². The zero-order valence-electron chi connectivity index (χ0n) is 12.6. The van der Waals surface area contributed by atoms with Gasteiger partial charge in [-0.25, -0.2) is 0 Å². The molecule has 0 N–H and O–H groups in total. The van der Waals surface area contributed by atoms with Gasteiger partial charge in [0.05, 0.1) is 6.61 Å². The molecule has 1 saturated carbocycles. The van der Waals surface area contributed by atoms with E-state index in [-0.39, 0.29) is 12.0 Å². The molecule has 1 saturated heterocycles. The smallest absolute Gasteiger partial charge is 0.323 e. The van der Waals surface area contributed by atoms with Gasteiger partial charge in [0.2, 0.25) is 0 Å². The molecule has 2 rings (SSSR count). The zero-order chi connectivity index (χ0) is 13.7. The van der Waals surface area contributed by atoms with Gasteiger partial charge in [-0.2, -0.15) is 0 Å². The Morgan fingerprint density at radius 3 is 2.58 bits per heavy atom. The summed E-state index contributed by atoms with van der Waals surface area (Å²) in [7, 11) is 0. The Kier molecular flexibility index (Phi) is 5.68. The summed E-state index contributed by atoms with van der Waals surface area (Å²) in [5, 5.41) is 0. The average molecular weight is 267 g/mol. The summed E-state index contributed by atoms with van der Waals surface area (Å²) in [4.78, 5) is 14.7. The van der Waals surface area contributed by atoms with Crippen LogP contribution in [0.3, 0.4) is 0 Å². The third-order valence-corrected chi connectivity index (χ3v) is 4.81. The molecule has 0 amide bonds. The highest BCUT2D eigenvalue weighted by atomic mass is 16.5. The number of carbonyl (C=O) groups excluding carboxylic acids is 1. The van der Waals surface area contributed by atoms with E-state index in [1.165, 1.54) is 38.5 Å². The van der Waals surface area contributed by atoms with E-state index in [1.54, 1.807) is 0 Å². The van der Waals surface area contributed by atoms with Crippen LogP contribution in [-0.2, 0) is 9.53 Å². The monoisotopic (exact) mass is 267 g/mol. The lowest BCUT2D eigenvalue weighted by atomic mass is 9.94. The second-order valence-corrected chi connectivity index (χ2v) is 6.05. The first-order valence-corrected chi connectivity index (χ1v) is 8.20. The lowest BCUT2D eigenvalue weighted by molar-refractivity contribution is -0.150. The molecule has 3 heteroatoms. The molecule has 0 aromatic heterocycles. The number of ether oxygens (including phenoxy) is 1. The minimum Gasteiger partial charge on any atom is -0.465 e. The molecule has 110 valence electrons. The van der Waals surface area contributed by atoms with Crippen LogP contribution in [0, 0.1) is 5.92 Å². The fourth-order valence-electron chi connectivity index (χ4n) is 3.98.